The van der Waals surface area contributed by atoms with Crippen molar-refractivity contribution in [3.8, 4) is 5.69 Å². The van der Waals surface area contributed by atoms with E-state index in [-0.39, 0.29) is 0 Å². The van der Waals surface area contributed by atoms with Crippen LogP contribution < -0.4 is 4.90 Å². The molecule has 3 aromatic rings. The van der Waals surface area contributed by atoms with Crippen LogP contribution in [0, 0.1) is 0 Å². The molecule has 0 bridgehead atoms. The number of hydrogen-bond donors (Lipinski definition) is 0. The van der Waals surface area contributed by atoms with Gasteiger partial charge in [-0.1, -0.05) is 12.1 Å². The van der Waals surface area contributed by atoms with Gasteiger partial charge in [0.1, 0.15) is 5.82 Å². The summed E-state index contributed by atoms with van der Waals surface area (Å²) in [7, 11) is 4.12. The molecule has 4 rings (SSSR count). The van der Waals surface area contributed by atoms with Gasteiger partial charge in [-0.2, -0.15) is 5.10 Å². The Labute approximate surface area is 148 Å². The molecule has 1 aliphatic carbocycles. The Kier molecular flexibility index (Phi) is 4.22. The first kappa shape index (κ1) is 15.8. The van der Waals surface area contributed by atoms with E-state index < -0.39 is 0 Å². The summed E-state index contributed by atoms with van der Waals surface area (Å²) in [4.78, 5) is 11.1. The summed E-state index contributed by atoms with van der Waals surface area (Å²) in [5, 5.41) is 4.76. The predicted molar refractivity (Wildman–Crippen MR) is 99.3 cm³/mol. The number of benzene rings is 1. The van der Waals surface area contributed by atoms with E-state index in [1.807, 2.05) is 16.8 Å². The quantitative estimate of drug-likeness (QED) is 0.694. The highest BCUT2D eigenvalue weighted by molar-refractivity contribution is 5.46. The van der Waals surface area contributed by atoms with Crippen LogP contribution in [0.4, 0.5) is 5.69 Å². The molecule has 0 unspecified atom stereocenters. The Morgan fingerprint density at radius 2 is 1.72 bits per heavy atom. The minimum Gasteiger partial charge on any atom is -0.378 e. The fourth-order valence-electron chi connectivity index (χ4n) is 2.95. The van der Waals surface area contributed by atoms with Crippen LogP contribution in [-0.4, -0.2) is 33.8 Å². The maximum absolute atomic E-state index is 4.83. The molecule has 2 heterocycles. The molecule has 0 saturated heterocycles. The van der Waals surface area contributed by atoms with Crippen LogP contribution in [0.15, 0.2) is 48.8 Å². The zero-order chi connectivity index (χ0) is 17.2. The number of hydrogen-bond acceptors (Lipinski definition) is 4. The molecule has 0 atom stereocenters. The molecule has 1 aromatic carbocycles. The number of aryl methyl sites for hydroxylation is 2. The number of aromatic nitrogens is 4. The zero-order valence-electron chi connectivity index (χ0n) is 14.8. The van der Waals surface area contributed by atoms with Gasteiger partial charge in [0.2, 0.25) is 0 Å². The van der Waals surface area contributed by atoms with Gasteiger partial charge in [-0.15, -0.1) is 0 Å². The Morgan fingerprint density at radius 1 is 1.00 bits per heavy atom. The summed E-state index contributed by atoms with van der Waals surface area (Å²) in [5.74, 6) is 2.58. The van der Waals surface area contributed by atoms with Gasteiger partial charge in [0.15, 0.2) is 5.82 Å². The van der Waals surface area contributed by atoms with Crippen LogP contribution in [-0.2, 0) is 12.8 Å². The third-order valence-electron chi connectivity index (χ3n) is 4.63. The lowest BCUT2D eigenvalue weighted by Crippen LogP contribution is -2.08. The van der Waals surface area contributed by atoms with Crippen LogP contribution in [0.3, 0.4) is 0 Å². The Balaban J connectivity index is 1.55. The number of pyridine rings is 1. The average Bonchev–Trinajstić information content (AvgIpc) is 3.41. The molecule has 1 fully saturated rings. The standard InChI is InChI=1S/C20H23N5/c1-24(2)17-8-3-15(4-9-17)5-10-19-22-20(16-6-7-16)23-25(19)18-11-13-21-14-12-18/h3-4,8-9,11-14,16H,5-7,10H2,1-2H3. The van der Waals surface area contributed by atoms with Crippen molar-refractivity contribution in [1.82, 2.24) is 19.7 Å². The van der Waals surface area contributed by atoms with E-state index in [0.29, 0.717) is 5.92 Å². The maximum Gasteiger partial charge on any atom is 0.154 e. The fraction of sp³-hybridized carbons (Fsp3) is 0.350. The highest BCUT2D eigenvalue weighted by atomic mass is 15.4. The van der Waals surface area contributed by atoms with Crippen molar-refractivity contribution in [2.75, 3.05) is 19.0 Å². The third-order valence-corrected chi connectivity index (χ3v) is 4.63. The van der Waals surface area contributed by atoms with E-state index in [1.54, 1.807) is 12.4 Å². The highest BCUT2D eigenvalue weighted by Crippen LogP contribution is 2.38. The summed E-state index contributed by atoms with van der Waals surface area (Å²) in [6, 6.07) is 12.7. The smallest absolute Gasteiger partial charge is 0.154 e. The van der Waals surface area contributed by atoms with Crippen LogP contribution in [0.2, 0.25) is 0 Å². The second-order valence-corrected chi connectivity index (χ2v) is 6.84. The average molecular weight is 333 g/mol. The number of rotatable bonds is 6. The monoisotopic (exact) mass is 333 g/mol. The molecule has 1 aliphatic rings. The maximum atomic E-state index is 4.83. The van der Waals surface area contributed by atoms with Gasteiger partial charge in [-0.05, 0) is 49.1 Å². The molecule has 128 valence electrons. The number of anilines is 1. The molecule has 0 amide bonds. The van der Waals surface area contributed by atoms with Gasteiger partial charge in [-0.3, -0.25) is 4.98 Å². The van der Waals surface area contributed by atoms with Gasteiger partial charge < -0.3 is 4.90 Å². The first-order valence-corrected chi connectivity index (χ1v) is 8.83. The van der Waals surface area contributed by atoms with Crippen molar-refractivity contribution < 1.29 is 0 Å². The lowest BCUT2D eigenvalue weighted by molar-refractivity contribution is 0.763. The minimum atomic E-state index is 0.557. The van der Waals surface area contributed by atoms with Crippen LogP contribution in [0.1, 0.15) is 36.0 Å². The lowest BCUT2D eigenvalue weighted by atomic mass is 10.1. The summed E-state index contributed by atoms with van der Waals surface area (Å²) in [5.41, 5.74) is 3.58. The van der Waals surface area contributed by atoms with Gasteiger partial charge in [-0.25, -0.2) is 9.67 Å². The van der Waals surface area contributed by atoms with E-state index in [4.69, 9.17) is 10.1 Å². The van der Waals surface area contributed by atoms with E-state index in [0.717, 1.165) is 30.2 Å². The Bertz CT molecular complexity index is 832. The summed E-state index contributed by atoms with van der Waals surface area (Å²) in [6.07, 6.45) is 7.87. The largest absolute Gasteiger partial charge is 0.378 e. The highest BCUT2D eigenvalue weighted by Gasteiger charge is 2.29. The molecule has 5 heteroatoms. The lowest BCUT2D eigenvalue weighted by Gasteiger charge is -2.12. The first-order valence-electron chi connectivity index (χ1n) is 8.83. The van der Waals surface area contributed by atoms with E-state index in [2.05, 4.69) is 48.2 Å². The summed E-state index contributed by atoms with van der Waals surface area (Å²) in [6.45, 7) is 0. The molecule has 1 saturated carbocycles. The molecule has 25 heavy (non-hydrogen) atoms. The minimum absolute atomic E-state index is 0.557. The van der Waals surface area contributed by atoms with Crippen LogP contribution in [0.25, 0.3) is 5.69 Å². The van der Waals surface area contributed by atoms with Gasteiger partial charge in [0, 0.05) is 44.5 Å². The Hall–Kier alpha value is -2.69. The SMILES string of the molecule is CN(C)c1ccc(CCc2nc(C3CC3)nn2-c2ccncc2)cc1. The molecular formula is C20H23N5. The van der Waals surface area contributed by atoms with Gasteiger partial charge in [0.25, 0.3) is 0 Å². The van der Waals surface area contributed by atoms with Crippen LogP contribution in [0.5, 0.6) is 0 Å². The molecule has 5 nitrogen and oxygen atoms in total. The molecule has 0 spiro atoms. The van der Waals surface area contributed by atoms with E-state index >= 15 is 0 Å². The zero-order valence-corrected chi connectivity index (χ0v) is 14.8. The second-order valence-electron chi connectivity index (χ2n) is 6.84. The first-order chi connectivity index (χ1) is 12.2. The van der Waals surface area contributed by atoms with Crippen molar-refractivity contribution in [3.05, 3.63) is 66.0 Å². The molecular weight excluding hydrogens is 310 g/mol. The predicted octanol–water partition coefficient (Wildman–Crippen LogP) is 3.39. The van der Waals surface area contributed by atoms with Crippen molar-refractivity contribution in [2.24, 2.45) is 0 Å². The van der Waals surface area contributed by atoms with Gasteiger partial charge in [0.05, 0.1) is 5.69 Å². The molecule has 0 radical (unpaired) electrons. The normalized spacial score (nSPS) is 13.8. The number of nitrogens with zero attached hydrogens (tertiary/aromatic N) is 5. The summed E-state index contributed by atoms with van der Waals surface area (Å²) >= 11 is 0. The van der Waals surface area contributed by atoms with Crippen molar-refractivity contribution in [3.63, 3.8) is 0 Å². The molecule has 2 aromatic heterocycles. The Morgan fingerprint density at radius 3 is 2.36 bits per heavy atom. The van der Waals surface area contributed by atoms with Crippen molar-refractivity contribution in [2.45, 2.75) is 31.6 Å². The van der Waals surface area contributed by atoms with Crippen molar-refractivity contribution >= 4 is 5.69 Å². The topological polar surface area (TPSA) is 46.8 Å². The van der Waals surface area contributed by atoms with Crippen LogP contribution >= 0.6 is 0 Å². The fourth-order valence-corrected chi connectivity index (χ4v) is 2.95. The molecule has 0 N–H and O–H groups in total. The van der Waals surface area contributed by atoms with E-state index in [1.165, 1.54) is 24.1 Å². The van der Waals surface area contributed by atoms with E-state index in [9.17, 15) is 0 Å². The second kappa shape index (κ2) is 6.67. The van der Waals surface area contributed by atoms with Crippen molar-refractivity contribution in [1.29, 1.82) is 0 Å². The summed E-state index contributed by atoms with van der Waals surface area (Å²) < 4.78 is 1.99. The molecule has 0 aliphatic heterocycles. The third kappa shape index (κ3) is 3.55. The van der Waals surface area contributed by atoms with Gasteiger partial charge >= 0.3 is 0 Å².